The first kappa shape index (κ1) is 19.7. The van der Waals surface area contributed by atoms with Crippen molar-refractivity contribution in [2.24, 2.45) is 0 Å². The molecule has 0 atom stereocenters. The van der Waals surface area contributed by atoms with Crippen LogP contribution >= 0.6 is 0 Å². The number of nitrogens with one attached hydrogen (secondary N) is 3. The van der Waals surface area contributed by atoms with Crippen molar-refractivity contribution in [3.63, 3.8) is 0 Å². The molecule has 0 fully saturated rings. The molecule has 7 heteroatoms. The van der Waals surface area contributed by atoms with Crippen molar-refractivity contribution < 1.29 is 19.1 Å². The molecule has 0 aliphatic carbocycles. The second-order valence-electron chi connectivity index (χ2n) is 5.62. The zero-order chi connectivity index (χ0) is 16.1. The SMILES string of the molecule is COCCNC(=O)CCNCCCNC(=O)OC(C)(C)C. The van der Waals surface area contributed by atoms with E-state index in [4.69, 9.17) is 9.47 Å². The van der Waals surface area contributed by atoms with E-state index >= 15 is 0 Å². The molecule has 0 spiro atoms. The van der Waals surface area contributed by atoms with Gasteiger partial charge in [0.2, 0.25) is 5.91 Å². The lowest BCUT2D eigenvalue weighted by Gasteiger charge is -2.19. The van der Waals surface area contributed by atoms with E-state index in [9.17, 15) is 9.59 Å². The third-order valence-corrected chi connectivity index (χ3v) is 2.36. The average molecular weight is 303 g/mol. The highest BCUT2D eigenvalue weighted by Gasteiger charge is 2.15. The number of hydrogen-bond donors (Lipinski definition) is 3. The summed E-state index contributed by atoms with van der Waals surface area (Å²) in [5.74, 6) is 0.00595. The van der Waals surface area contributed by atoms with Gasteiger partial charge in [-0.05, 0) is 33.7 Å². The van der Waals surface area contributed by atoms with Gasteiger partial charge in [0.1, 0.15) is 5.60 Å². The Labute approximate surface area is 127 Å². The molecule has 0 heterocycles. The van der Waals surface area contributed by atoms with Gasteiger partial charge in [-0.25, -0.2) is 4.79 Å². The van der Waals surface area contributed by atoms with Crippen LogP contribution in [0.4, 0.5) is 4.79 Å². The fraction of sp³-hybridized carbons (Fsp3) is 0.857. The highest BCUT2D eigenvalue weighted by Crippen LogP contribution is 2.06. The van der Waals surface area contributed by atoms with Gasteiger partial charge in [0.25, 0.3) is 0 Å². The standard InChI is InChI=1S/C14H29N3O4/c1-14(2,3)21-13(19)17-8-5-7-15-9-6-12(18)16-10-11-20-4/h15H,5-11H2,1-4H3,(H,16,18)(H,17,19). The molecule has 0 unspecified atom stereocenters. The van der Waals surface area contributed by atoms with E-state index in [1.807, 2.05) is 20.8 Å². The van der Waals surface area contributed by atoms with E-state index in [0.717, 1.165) is 13.0 Å². The Morgan fingerprint density at radius 1 is 1.00 bits per heavy atom. The van der Waals surface area contributed by atoms with E-state index in [1.165, 1.54) is 0 Å². The zero-order valence-corrected chi connectivity index (χ0v) is 13.6. The highest BCUT2D eigenvalue weighted by molar-refractivity contribution is 5.76. The molecule has 0 aromatic carbocycles. The first-order valence-electron chi connectivity index (χ1n) is 7.28. The Bertz CT molecular complexity index is 303. The van der Waals surface area contributed by atoms with Crippen LogP contribution in [-0.4, -0.2) is 57.5 Å². The maximum Gasteiger partial charge on any atom is 0.407 e. The fourth-order valence-electron chi connectivity index (χ4n) is 1.43. The summed E-state index contributed by atoms with van der Waals surface area (Å²) in [5, 5.41) is 8.57. The Kier molecular flexibility index (Phi) is 10.6. The van der Waals surface area contributed by atoms with Crippen molar-refractivity contribution in [3.8, 4) is 0 Å². The molecule has 0 bridgehead atoms. The number of carbonyl (C=O) groups is 2. The largest absolute Gasteiger partial charge is 0.444 e. The molecule has 7 nitrogen and oxygen atoms in total. The Morgan fingerprint density at radius 3 is 2.33 bits per heavy atom. The molecule has 0 aromatic heterocycles. The summed E-state index contributed by atoms with van der Waals surface area (Å²) in [4.78, 5) is 22.7. The molecule has 0 saturated carbocycles. The molecule has 0 saturated heterocycles. The lowest BCUT2D eigenvalue weighted by molar-refractivity contribution is -0.121. The predicted molar refractivity (Wildman–Crippen MR) is 81.2 cm³/mol. The van der Waals surface area contributed by atoms with Gasteiger partial charge in [0, 0.05) is 33.2 Å². The summed E-state index contributed by atoms with van der Waals surface area (Å²) in [6.45, 7) is 8.43. The molecule has 124 valence electrons. The minimum atomic E-state index is -0.474. The van der Waals surface area contributed by atoms with E-state index in [-0.39, 0.29) is 5.91 Å². The maximum absolute atomic E-state index is 11.3. The molecule has 2 amide bonds. The van der Waals surface area contributed by atoms with E-state index < -0.39 is 11.7 Å². The third-order valence-electron chi connectivity index (χ3n) is 2.36. The van der Waals surface area contributed by atoms with Crippen molar-refractivity contribution in [2.45, 2.75) is 39.2 Å². The van der Waals surface area contributed by atoms with Gasteiger partial charge in [0.05, 0.1) is 6.61 Å². The quantitative estimate of drug-likeness (QED) is 0.516. The normalized spacial score (nSPS) is 11.0. The van der Waals surface area contributed by atoms with Crippen LogP contribution in [0.1, 0.15) is 33.6 Å². The van der Waals surface area contributed by atoms with Gasteiger partial charge in [-0.3, -0.25) is 4.79 Å². The van der Waals surface area contributed by atoms with Crippen molar-refractivity contribution in [2.75, 3.05) is 39.9 Å². The van der Waals surface area contributed by atoms with E-state index in [0.29, 0.717) is 32.7 Å². The molecular weight excluding hydrogens is 274 g/mol. The average Bonchev–Trinajstić information content (AvgIpc) is 2.35. The second kappa shape index (κ2) is 11.3. The predicted octanol–water partition coefficient (Wildman–Crippen LogP) is 0.644. The number of methoxy groups -OCH3 is 1. The lowest BCUT2D eigenvalue weighted by atomic mass is 10.2. The van der Waals surface area contributed by atoms with E-state index in [1.54, 1.807) is 7.11 Å². The maximum atomic E-state index is 11.3. The van der Waals surface area contributed by atoms with Crippen molar-refractivity contribution in [1.29, 1.82) is 0 Å². The topological polar surface area (TPSA) is 88.7 Å². The minimum absolute atomic E-state index is 0.00595. The zero-order valence-electron chi connectivity index (χ0n) is 13.6. The van der Waals surface area contributed by atoms with Crippen LogP contribution in [0.15, 0.2) is 0 Å². The minimum Gasteiger partial charge on any atom is -0.444 e. The van der Waals surface area contributed by atoms with Crippen LogP contribution in [0.2, 0.25) is 0 Å². The molecule has 0 aromatic rings. The van der Waals surface area contributed by atoms with Gasteiger partial charge in [0.15, 0.2) is 0 Å². The summed E-state index contributed by atoms with van der Waals surface area (Å²) in [5.41, 5.74) is -0.474. The Morgan fingerprint density at radius 2 is 1.71 bits per heavy atom. The smallest absolute Gasteiger partial charge is 0.407 e. The molecule has 0 aliphatic heterocycles. The Balaban J connectivity index is 3.36. The lowest BCUT2D eigenvalue weighted by Crippen LogP contribution is -2.34. The number of alkyl carbamates (subject to hydrolysis) is 1. The van der Waals surface area contributed by atoms with Crippen molar-refractivity contribution in [1.82, 2.24) is 16.0 Å². The van der Waals surface area contributed by atoms with Gasteiger partial charge in [-0.15, -0.1) is 0 Å². The summed E-state index contributed by atoms with van der Waals surface area (Å²) in [7, 11) is 1.60. The van der Waals surface area contributed by atoms with Crippen LogP contribution in [-0.2, 0) is 14.3 Å². The highest BCUT2D eigenvalue weighted by atomic mass is 16.6. The summed E-state index contributed by atoms with van der Waals surface area (Å²) >= 11 is 0. The van der Waals surface area contributed by atoms with Crippen molar-refractivity contribution in [3.05, 3.63) is 0 Å². The van der Waals surface area contributed by atoms with Gasteiger partial charge < -0.3 is 25.4 Å². The fourth-order valence-corrected chi connectivity index (χ4v) is 1.43. The van der Waals surface area contributed by atoms with Gasteiger partial charge in [-0.1, -0.05) is 0 Å². The monoisotopic (exact) mass is 303 g/mol. The van der Waals surface area contributed by atoms with Gasteiger partial charge in [-0.2, -0.15) is 0 Å². The molecule has 3 N–H and O–H groups in total. The summed E-state index contributed by atoms with van der Waals surface area (Å²) in [6.07, 6.45) is 0.813. The third kappa shape index (κ3) is 14.9. The molecule has 0 aliphatic rings. The number of ether oxygens (including phenoxy) is 2. The second-order valence-corrected chi connectivity index (χ2v) is 5.62. The van der Waals surface area contributed by atoms with Crippen LogP contribution in [0.5, 0.6) is 0 Å². The number of amides is 2. The van der Waals surface area contributed by atoms with Gasteiger partial charge >= 0.3 is 6.09 Å². The summed E-state index contributed by atoms with van der Waals surface area (Å²) < 4.78 is 9.95. The summed E-state index contributed by atoms with van der Waals surface area (Å²) in [6, 6.07) is 0. The number of hydrogen-bond acceptors (Lipinski definition) is 5. The van der Waals surface area contributed by atoms with E-state index in [2.05, 4.69) is 16.0 Å². The van der Waals surface area contributed by atoms with Crippen LogP contribution < -0.4 is 16.0 Å². The number of carbonyl (C=O) groups excluding carboxylic acids is 2. The van der Waals surface area contributed by atoms with Crippen LogP contribution in [0, 0.1) is 0 Å². The number of rotatable bonds is 10. The molecular formula is C14H29N3O4. The molecule has 0 rings (SSSR count). The first-order chi connectivity index (χ1) is 9.85. The molecule has 0 radical (unpaired) electrons. The van der Waals surface area contributed by atoms with Crippen LogP contribution in [0.3, 0.4) is 0 Å². The van der Waals surface area contributed by atoms with Crippen molar-refractivity contribution >= 4 is 12.0 Å². The Hall–Kier alpha value is -1.34. The first-order valence-corrected chi connectivity index (χ1v) is 7.28. The molecule has 21 heavy (non-hydrogen) atoms. The van der Waals surface area contributed by atoms with Crippen LogP contribution in [0.25, 0.3) is 0 Å².